The highest BCUT2D eigenvalue weighted by Gasteiger charge is 2.18. The van der Waals surface area contributed by atoms with Crippen LogP contribution in [0.3, 0.4) is 0 Å². The van der Waals surface area contributed by atoms with Crippen molar-refractivity contribution in [1.82, 2.24) is 5.32 Å². The number of carbonyl (C=O) groups is 1. The number of hydrogen-bond acceptors (Lipinski definition) is 4. The molecular formula is C17H27NO3. The molecule has 0 radical (unpaired) electrons. The van der Waals surface area contributed by atoms with Crippen LogP contribution in [0.5, 0.6) is 5.75 Å². The zero-order valence-corrected chi connectivity index (χ0v) is 13.8. The summed E-state index contributed by atoms with van der Waals surface area (Å²) in [6.07, 6.45) is 0.530. The van der Waals surface area contributed by atoms with E-state index >= 15 is 0 Å². The Balaban J connectivity index is 2.77. The molecule has 21 heavy (non-hydrogen) atoms. The molecule has 4 heteroatoms. The second-order valence-electron chi connectivity index (χ2n) is 5.25. The van der Waals surface area contributed by atoms with Gasteiger partial charge in [0.15, 0.2) is 6.10 Å². The van der Waals surface area contributed by atoms with Gasteiger partial charge in [-0.05, 0) is 57.4 Å². The molecule has 0 saturated heterocycles. The molecule has 1 rings (SSSR count). The molecular weight excluding hydrogens is 266 g/mol. The van der Waals surface area contributed by atoms with Gasteiger partial charge in [0.25, 0.3) is 0 Å². The quantitative estimate of drug-likeness (QED) is 0.591. The molecule has 0 aliphatic carbocycles. The summed E-state index contributed by atoms with van der Waals surface area (Å²) in [6.45, 7) is 11.9. The third-order valence-corrected chi connectivity index (χ3v) is 3.19. The van der Waals surface area contributed by atoms with Crippen LogP contribution in [0, 0.1) is 13.8 Å². The molecule has 0 aromatic heterocycles. The Hall–Kier alpha value is -1.55. The van der Waals surface area contributed by atoms with Crippen LogP contribution in [0.25, 0.3) is 0 Å². The fraction of sp³-hybridized carbons (Fsp3) is 0.588. The minimum absolute atomic E-state index is 0.329. The number of ether oxygens (including phenoxy) is 2. The Labute approximate surface area is 127 Å². The summed E-state index contributed by atoms with van der Waals surface area (Å²) in [5.74, 6) is 0.444. The summed E-state index contributed by atoms with van der Waals surface area (Å²) < 4.78 is 10.7. The largest absolute Gasteiger partial charge is 0.478 e. The maximum absolute atomic E-state index is 11.7. The fourth-order valence-corrected chi connectivity index (χ4v) is 2.22. The van der Waals surface area contributed by atoms with Crippen LogP contribution < -0.4 is 10.1 Å². The molecule has 0 aliphatic heterocycles. The number of benzene rings is 1. The second-order valence-corrected chi connectivity index (χ2v) is 5.25. The van der Waals surface area contributed by atoms with Crippen LogP contribution in [-0.2, 0) is 16.1 Å². The normalized spacial score (nSPS) is 12.0. The predicted molar refractivity (Wildman–Crippen MR) is 84.6 cm³/mol. The summed E-state index contributed by atoms with van der Waals surface area (Å²) in [5, 5.41) is 3.39. The average molecular weight is 293 g/mol. The molecule has 0 fully saturated rings. The van der Waals surface area contributed by atoms with Crippen molar-refractivity contribution >= 4 is 5.97 Å². The van der Waals surface area contributed by atoms with E-state index in [0.29, 0.717) is 6.61 Å². The van der Waals surface area contributed by atoms with Crippen LogP contribution in [0.15, 0.2) is 12.1 Å². The van der Waals surface area contributed by atoms with Gasteiger partial charge < -0.3 is 14.8 Å². The minimum Gasteiger partial charge on any atom is -0.478 e. The van der Waals surface area contributed by atoms with E-state index in [-0.39, 0.29) is 5.97 Å². The second kappa shape index (κ2) is 8.67. The van der Waals surface area contributed by atoms with Crippen LogP contribution in [0.2, 0.25) is 0 Å². The number of aryl methyl sites for hydroxylation is 2. The topological polar surface area (TPSA) is 47.6 Å². The smallest absolute Gasteiger partial charge is 0.347 e. The van der Waals surface area contributed by atoms with Gasteiger partial charge >= 0.3 is 5.97 Å². The van der Waals surface area contributed by atoms with Gasteiger partial charge in [-0.1, -0.05) is 19.1 Å². The van der Waals surface area contributed by atoms with Gasteiger partial charge in [-0.3, -0.25) is 0 Å². The van der Waals surface area contributed by atoms with E-state index in [9.17, 15) is 4.79 Å². The maximum atomic E-state index is 11.7. The lowest BCUT2D eigenvalue weighted by atomic mass is 10.1. The van der Waals surface area contributed by atoms with E-state index in [1.807, 2.05) is 13.8 Å². The first-order chi connectivity index (χ1) is 9.99. The zero-order chi connectivity index (χ0) is 15.8. The fourth-order valence-electron chi connectivity index (χ4n) is 2.22. The third-order valence-electron chi connectivity index (χ3n) is 3.19. The molecule has 1 atom stereocenters. The van der Waals surface area contributed by atoms with Crippen molar-refractivity contribution in [2.45, 2.75) is 53.7 Å². The van der Waals surface area contributed by atoms with Crippen LogP contribution in [0.1, 0.15) is 43.9 Å². The first-order valence-electron chi connectivity index (χ1n) is 7.63. The Morgan fingerprint density at radius 1 is 1.24 bits per heavy atom. The molecule has 0 saturated carbocycles. The van der Waals surface area contributed by atoms with E-state index in [2.05, 4.69) is 24.4 Å². The van der Waals surface area contributed by atoms with E-state index < -0.39 is 6.10 Å². The average Bonchev–Trinajstić information content (AvgIpc) is 2.43. The molecule has 1 aromatic rings. The number of hydrogen-bond donors (Lipinski definition) is 1. The summed E-state index contributed by atoms with van der Waals surface area (Å²) in [5.41, 5.74) is 3.31. The molecule has 1 unspecified atom stereocenters. The predicted octanol–water partition coefficient (Wildman–Crippen LogP) is 3.13. The maximum Gasteiger partial charge on any atom is 0.347 e. The Morgan fingerprint density at radius 3 is 2.38 bits per heavy atom. The minimum atomic E-state index is -0.591. The van der Waals surface area contributed by atoms with E-state index in [4.69, 9.17) is 9.47 Å². The van der Waals surface area contributed by atoms with Crippen molar-refractivity contribution in [3.63, 3.8) is 0 Å². The van der Waals surface area contributed by atoms with Crippen molar-refractivity contribution in [2.24, 2.45) is 0 Å². The van der Waals surface area contributed by atoms with Crippen molar-refractivity contribution in [2.75, 3.05) is 13.2 Å². The van der Waals surface area contributed by atoms with Crippen molar-refractivity contribution in [3.05, 3.63) is 28.8 Å². The van der Waals surface area contributed by atoms with Crippen molar-refractivity contribution < 1.29 is 14.3 Å². The number of rotatable bonds is 8. The van der Waals surface area contributed by atoms with E-state index in [1.165, 1.54) is 5.56 Å². The summed E-state index contributed by atoms with van der Waals surface area (Å²) in [7, 11) is 0. The van der Waals surface area contributed by atoms with Gasteiger partial charge in [0, 0.05) is 6.54 Å². The highest BCUT2D eigenvalue weighted by molar-refractivity contribution is 5.74. The molecule has 0 bridgehead atoms. The van der Waals surface area contributed by atoms with Gasteiger partial charge in [-0.25, -0.2) is 4.79 Å². The van der Waals surface area contributed by atoms with Crippen LogP contribution >= 0.6 is 0 Å². The molecule has 0 spiro atoms. The highest BCUT2D eigenvalue weighted by Crippen LogP contribution is 2.26. The summed E-state index contributed by atoms with van der Waals surface area (Å²) in [4.78, 5) is 11.7. The zero-order valence-electron chi connectivity index (χ0n) is 13.8. The Morgan fingerprint density at radius 2 is 1.86 bits per heavy atom. The van der Waals surface area contributed by atoms with Crippen LogP contribution in [-0.4, -0.2) is 25.2 Å². The molecule has 0 heterocycles. The van der Waals surface area contributed by atoms with Crippen molar-refractivity contribution in [3.8, 4) is 5.75 Å². The van der Waals surface area contributed by atoms with E-state index in [1.54, 1.807) is 13.8 Å². The van der Waals surface area contributed by atoms with Gasteiger partial charge in [-0.15, -0.1) is 0 Å². The summed E-state index contributed by atoms with van der Waals surface area (Å²) >= 11 is 0. The number of nitrogens with one attached hydrogen (secondary N) is 1. The Bertz CT molecular complexity index is 448. The first kappa shape index (κ1) is 17.5. The molecule has 0 amide bonds. The first-order valence-corrected chi connectivity index (χ1v) is 7.63. The monoisotopic (exact) mass is 293 g/mol. The third kappa shape index (κ3) is 5.38. The molecule has 0 aliphatic rings. The lowest BCUT2D eigenvalue weighted by Crippen LogP contribution is -2.26. The Kier molecular flexibility index (Phi) is 7.23. The number of carbonyl (C=O) groups excluding carboxylic acids is 1. The molecule has 118 valence electrons. The number of esters is 1. The molecule has 1 aromatic carbocycles. The highest BCUT2D eigenvalue weighted by atomic mass is 16.6. The lowest BCUT2D eigenvalue weighted by molar-refractivity contribution is -0.150. The summed E-state index contributed by atoms with van der Waals surface area (Å²) in [6, 6.07) is 4.20. The molecule has 1 N–H and O–H groups in total. The van der Waals surface area contributed by atoms with Gasteiger partial charge in [0.2, 0.25) is 0 Å². The van der Waals surface area contributed by atoms with Gasteiger partial charge in [0.05, 0.1) is 6.61 Å². The van der Waals surface area contributed by atoms with Gasteiger partial charge in [-0.2, -0.15) is 0 Å². The van der Waals surface area contributed by atoms with Gasteiger partial charge in [0.1, 0.15) is 5.75 Å². The van der Waals surface area contributed by atoms with Crippen LogP contribution in [0.4, 0.5) is 0 Å². The van der Waals surface area contributed by atoms with E-state index in [0.717, 1.165) is 36.4 Å². The lowest BCUT2D eigenvalue weighted by Gasteiger charge is -2.18. The SMILES string of the molecule is CCCNCc1cc(C)c(OC(C)C(=O)OCC)c(C)c1. The standard InChI is InChI=1S/C17H27NO3/c1-6-8-18-11-15-9-12(3)16(13(4)10-15)21-14(5)17(19)20-7-2/h9-10,14,18H,6-8,11H2,1-5H3. The van der Waals surface area contributed by atoms with Crippen molar-refractivity contribution in [1.29, 1.82) is 0 Å². The molecule has 4 nitrogen and oxygen atoms in total.